The lowest BCUT2D eigenvalue weighted by Crippen LogP contribution is -2.14. The maximum absolute atomic E-state index is 4.80. The largest absolute Gasteiger partial charge is 0.338 e. The van der Waals surface area contributed by atoms with Crippen LogP contribution in [-0.2, 0) is 10.8 Å². The minimum absolute atomic E-state index is 0.0352. The number of hydrogen-bond acceptors (Lipinski definition) is 2. The van der Waals surface area contributed by atoms with Crippen molar-refractivity contribution in [3.63, 3.8) is 0 Å². The van der Waals surface area contributed by atoms with Gasteiger partial charge in [0.25, 0.3) is 0 Å². The minimum Gasteiger partial charge on any atom is -0.338 e. The Kier molecular flexibility index (Phi) is 3.52. The van der Waals surface area contributed by atoms with Crippen LogP contribution in [0.2, 0.25) is 0 Å². The number of imidazole rings is 2. The van der Waals surface area contributed by atoms with Crippen molar-refractivity contribution < 1.29 is 0 Å². The van der Waals surface area contributed by atoms with Gasteiger partial charge >= 0.3 is 0 Å². The van der Waals surface area contributed by atoms with Crippen molar-refractivity contribution >= 4 is 16.7 Å². The quantitative estimate of drug-likeness (QED) is 0.496. The number of nitrogens with one attached hydrogen (secondary N) is 1. The molecular formula is C22H26N4. The van der Waals surface area contributed by atoms with Gasteiger partial charge in [0.15, 0.2) is 0 Å². The SMILES string of the molecule is CC(C)(C)c1ccc2nc(-c3ccc4ncc(C(C)(C)C)n4c3)[nH]c2c1. The van der Waals surface area contributed by atoms with Gasteiger partial charge in [-0.05, 0) is 35.2 Å². The van der Waals surface area contributed by atoms with E-state index >= 15 is 0 Å². The molecule has 1 aromatic carbocycles. The van der Waals surface area contributed by atoms with Crippen LogP contribution in [0.1, 0.15) is 52.8 Å². The van der Waals surface area contributed by atoms with E-state index in [9.17, 15) is 0 Å². The first-order chi connectivity index (χ1) is 12.1. The lowest BCUT2D eigenvalue weighted by atomic mass is 9.87. The smallest absolute Gasteiger partial charge is 0.139 e. The van der Waals surface area contributed by atoms with Crippen LogP contribution in [-0.4, -0.2) is 19.4 Å². The second kappa shape index (κ2) is 5.44. The highest BCUT2D eigenvalue weighted by Crippen LogP contribution is 2.28. The average molecular weight is 346 g/mol. The van der Waals surface area contributed by atoms with E-state index < -0.39 is 0 Å². The molecule has 4 heteroatoms. The molecular weight excluding hydrogens is 320 g/mol. The first kappa shape index (κ1) is 16.8. The van der Waals surface area contributed by atoms with Gasteiger partial charge < -0.3 is 9.38 Å². The van der Waals surface area contributed by atoms with Crippen LogP contribution in [0.15, 0.2) is 42.7 Å². The van der Waals surface area contributed by atoms with Gasteiger partial charge in [0.05, 0.1) is 11.0 Å². The topological polar surface area (TPSA) is 46.0 Å². The molecule has 0 aliphatic rings. The predicted octanol–water partition coefficient (Wildman–Crippen LogP) is 5.47. The van der Waals surface area contributed by atoms with Crippen molar-refractivity contribution in [1.82, 2.24) is 19.4 Å². The molecule has 0 spiro atoms. The Morgan fingerprint density at radius 3 is 2.38 bits per heavy atom. The molecule has 3 aromatic heterocycles. The van der Waals surface area contributed by atoms with Crippen molar-refractivity contribution in [2.24, 2.45) is 0 Å². The fourth-order valence-corrected chi connectivity index (χ4v) is 3.29. The molecule has 3 heterocycles. The van der Waals surface area contributed by atoms with E-state index in [0.717, 1.165) is 28.1 Å². The van der Waals surface area contributed by atoms with Crippen LogP contribution in [0.25, 0.3) is 28.1 Å². The van der Waals surface area contributed by atoms with Gasteiger partial charge in [-0.2, -0.15) is 0 Å². The third-order valence-corrected chi connectivity index (χ3v) is 4.90. The fraction of sp³-hybridized carbons (Fsp3) is 0.364. The van der Waals surface area contributed by atoms with E-state index in [1.54, 1.807) is 0 Å². The zero-order valence-electron chi connectivity index (χ0n) is 16.4. The van der Waals surface area contributed by atoms with E-state index in [0.29, 0.717) is 0 Å². The molecule has 0 saturated carbocycles. The van der Waals surface area contributed by atoms with E-state index in [4.69, 9.17) is 4.98 Å². The molecule has 0 radical (unpaired) electrons. The molecule has 0 aliphatic carbocycles. The Labute approximate surface area is 154 Å². The second-order valence-corrected chi connectivity index (χ2v) is 9.11. The van der Waals surface area contributed by atoms with Gasteiger partial charge in [0.1, 0.15) is 11.5 Å². The third kappa shape index (κ3) is 2.79. The number of fused-ring (bicyclic) bond motifs is 2. The Morgan fingerprint density at radius 1 is 0.923 bits per heavy atom. The number of benzene rings is 1. The molecule has 4 aromatic rings. The van der Waals surface area contributed by atoms with E-state index in [-0.39, 0.29) is 10.8 Å². The van der Waals surface area contributed by atoms with Crippen LogP contribution in [0, 0.1) is 0 Å². The monoisotopic (exact) mass is 346 g/mol. The van der Waals surface area contributed by atoms with Crippen molar-refractivity contribution in [2.45, 2.75) is 52.4 Å². The van der Waals surface area contributed by atoms with Crippen LogP contribution in [0.5, 0.6) is 0 Å². The van der Waals surface area contributed by atoms with Gasteiger partial charge in [-0.1, -0.05) is 47.6 Å². The van der Waals surface area contributed by atoms with Crippen LogP contribution in [0.4, 0.5) is 0 Å². The number of rotatable bonds is 1. The molecule has 0 saturated heterocycles. The average Bonchev–Trinajstić information content (AvgIpc) is 3.16. The van der Waals surface area contributed by atoms with Gasteiger partial charge in [0, 0.05) is 29.1 Å². The number of hydrogen-bond donors (Lipinski definition) is 1. The standard InChI is InChI=1S/C22H26N4/c1-21(2,3)15-8-9-16-17(11-15)25-20(24-16)14-7-10-19-23-12-18(22(4,5)6)26(19)13-14/h7-13H,1-6H3,(H,24,25). The lowest BCUT2D eigenvalue weighted by Gasteiger charge is -2.18. The molecule has 4 rings (SSSR count). The zero-order valence-corrected chi connectivity index (χ0v) is 16.4. The van der Waals surface area contributed by atoms with Crippen LogP contribution >= 0.6 is 0 Å². The summed E-state index contributed by atoms with van der Waals surface area (Å²) in [7, 11) is 0. The molecule has 134 valence electrons. The zero-order chi connectivity index (χ0) is 18.7. The number of pyridine rings is 1. The van der Waals surface area contributed by atoms with Crippen molar-refractivity contribution in [1.29, 1.82) is 0 Å². The van der Waals surface area contributed by atoms with Gasteiger partial charge in [-0.15, -0.1) is 0 Å². The summed E-state index contributed by atoms with van der Waals surface area (Å²) in [6, 6.07) is 10.6. The first-order valence-corrected chi connectivity index (χ1v) is 9.11. The normalized spacial score (nSPS) is 13.0. The minimum atomic E-state index is 0.0352. The summed E-state index contributed by atoms with van der Waals surface area (Å²) in [5.74, 6) is 0.890. The first-order valence-electron chi connectivity index (χ1n) is 9.11. The maximum Gasteiger partial charge on any atom is 0.139 e. The summed E-state index contributed by atoms with van der Waals surface area (Å²) in [6.07, 6.45) is 4.10. The van der Waals surface area contributed by atoms with E-state index in [2.05, 4.69) is 92.4 Å². The number of aromatic amines is 1. The van der Waals surface area contributed by atoms with E-state index in [1.165, 1.54) is 11.3 Å². The lowest BCUT2D eigenvalue weighted by molar-refractivity contribution is 0.563. The summed E-state index contributed by atoms with van der Waals surface area (Å²) in [6.45, 7) is 13.3. The Morgan fingerprint density at radius 2 is 1.69 bits per heavy atom. The second-order valence-electron chi connectivity index (χ2n) is 9.11. The molecule has 26 heavy (non-hydrogen) atoms. The summed E-state index contributed by atoms with van der Waals surface area (Å²) >= 11 is 0. The fourth-order valence-electron chi connectivity index (χ4n) is 3.29. The van der Waals surface area contributed by atoms with E-state index in [1.807, 2.05) is 6.20 Å². The highest BCUT2D eigenvalue weighted by molar-refractivity contribution is 5.80. The van der Waals surface area contributed by atoms with Crippen molar-refractivity contribution in [2.75, 3.05) is 0 Å². The maximum atomic E-state index is 4.80. The van der Waals surface area contributed by atoms with Crippen LogP contribution < -0.4 is 0 Å². The molecule has 4 nitrogen and oxygen atoms in total. The highest BCUT2D eigenvalue weighted by atomic mass is 15.0. The summed E-state index contributed by atoms with van der Waals surface area (Å²) in [5.41, 5.74) is 6.76. The molecule has 0 unspecified atom stereocenters. The molecule has 0 atom stereocenters. The summed E-state index contributed by atoms with van der Waals surface area (Å²) < 4.78 is 2.17. The molecule has 1 N–H and O–H groups in total. The molecule has 0 aliphatic heterocycles. The Bertz CT molecular complexity index is 1100. The summed E-state index contributed by atoms with van der Waals surface area (Å²) in [4.78, 5) is 12.8. The van der Waals surface area contributed by atoms with Crippen molar-refractivity contribution in [3.05, 3.63) is 54.0 Å². The molecule has 0 amide bonds. The van der Waals surface area contributed by atoms with Gasteiger partial charge in [-0.25, -0.2) is 9.97 Å². The van der Waals surface area contributed by atoms with Gasteiger partial charge in [-0.3, -0.25) is 0 Å². The predicted molar refractivity (Wildman–Crippen MR) is 108 cm³/mol. The molecule has 0 fully saturated rings. The van der Waals surface area contributed by atoms with Crippen molar-refractivity contribution in [3.8, 4) is 11.4 Å². The van der Waals surface area contributed by atoms with Gasteiger partial charge in [0.2, 0.25) is 0 Å². The van der Waals surface area contributed by atoms with Crippen LogP contribution in [0.3, 0.4) is 0 Å². The Balaban J connectivity index is 1.84. The number of nitrogens with zero attached hydrogens (tertiary/aromatic N) is 3. The molecule has 0 bridgehead atoms. The number of aromatic nitrogens is 4. The Hall–Kier alpha value is -2.62. The third-order valence-electron chi connectivity index (χ3n) is 4.90. The summed E-state index contributed by atoms with van der Waals surface area (Å²) in [5, 5.41) is 0. The number of H-pyrrole nitrogens is 1. The highest BCUT2D eigenvalue weighted by Gasteiger charge is 2.19.